The van der Waals surface area contributed by atoms with Gasteiger partial charge in [0.05, 0.1) is 18.3 Å². The Morgan fingerprint density at radius 1 is 1.05 bits per heavy atom. The third-order valence-corrected chi connectivity index (χ3v) is 9.77. The number of nitrogens with two attached hydrogens (primary N) is 1. The molecule has 1 aliphatic heterocycles. The Morgan fingerprint density at radius 3 is 2.52 bits per heavy atom. The van der Waals surface area contributed by atoms with Crippen LogP contribution in [0.5, 0.6) is 5.75 Å². The van der Waals surface area contributed by atoms with Crippen molar-refractivity contribution in [3.63, 3.8) is 0 Å². The highest BCUT2D eigenvalue weighted by Crippen LogP contribution is 2.38. The van der Waals surface area contributed by atoms with Gasteiger partial charge in [0.1, 0.15) is 11.3 Å². The molecule has 7 nitrogen and oxygen atoms in total. The zero-order valence-electron chi connectivity index (χ0n) is 26.0. The number of methoxy groups -OCH3 is 1. The number of nitrogens with zero attached hydrogens (tertiary/aromatic N) is 4. The Labute approximate surface area is 258 Å². The number of aryl methyl sites for hydroxylation is 1. The van der Waals surface area contributed by atoms with Crippen LogP contribution in [0, 0.1) is 11.8 Å². The first-order chi connectivity index (χ1) is 21.4. The van der Waals surface area contributed by atoms with Gasteiger partial charge >= 0.3 is 0 Å². The average Bonchev–Trinajstić information content (AvgIpc) is 3.63. The van der Waals surface area contributed by atoms with Gasteiger partial charge in [-0.3, -0.25) is 4.79 Å². The second-order valence-electron chi connectivity index (χ2n) is 12.6. The van der Waals surface area contributed by atoms with Crippen molar-refractivity contribution < 1.29 is 9.53 Å². The molecular weight excluding hydrogens is 546 g/mol. The van der Waals surface area contributed by atoms with E-state index in [4.69, 9.17) is 15.5 Å². The number of ether oxygens (including phenoxy) is 1. The van der Waals surface area contributed by atoms with Gasteiger partial charge in [-0.25, -0.2) is 4.98 Å². The summed E-state index contributed by atoms with van der Waals surface area (Å²) < 4.78 is 10.4. The molecule has 5 aromatic rings. The number of carbonyl (C=O) groups excluding carboxylic acids is 1. The number of benzene rings is 3. The molecule has 44 heavy (non-hydrogen) atoms. The van der Waals surface area contributed by atoms with E-state index >= 15 is 0 Å². The summed E-state index contributed by atoms with van der Waals surface area (Å²) in [6.07, 6.45) is 7.81. The maximum absolute atomic E-state index is 13.8. The van der Waals surface area contributed by atoms with E-state index in [0.29, 0.717) is 29.7 Å². The van der Waals surface area contributed by atoms with E-state index in [1.807, 2.05) is 30.1 Å². The molecule has 3 heterocycles. The zero-order chi connectivity index (χ0) is 30.5. The van der Waals surface area contributed by atoms with Crippen molar-refractivity contribution in [2.24, 2.45) is 24.6 Å². The van der Waals surface area contributed by atoms with Crippen molar-refractivity contribution in [2.75, 3.05) is 13.7 Å². The molecule has 0 radical (unpaired) electrons. The highest BCUT2D eigenvalue weighted by Gasteiger charge is 2.39. The molecule has 7 heteroatoms. The Balaban J connectivity index is 1.30. The van der Waals surface area contributed by atoms with Gasteiger partial charge in [-0.1, -0.05) is 68.0 Å². The average molecular weight is 588 g/mol. The van der Waals surface area contributed by atoms with E-state index in [9.17, 15) is 4.79 Å². The molecule has 2 aromatic heterocycles. The van der Waals surface area contributed by atoms with Gasteiger partial charge in [0, 0.05) is 48.7 Å². The van der Waals surface area contributed by atoms with Gasteiger partial charge in [-0.2, -0.15) is 0 Å². The number of fused-ring (bicyclic) bond motifs is 2. The monoisotopic (exact) mass is 587 g/mol. The first-order valence-corrected chi connectivity index (χ1v) is 15.8. The maximum atomic E-state index is 13.8. The van der Waals surface area contributed by atoms with Crippen LogP contribution in [0.1, 0.15) is 54.6 Å². The molecule has 1 aliphatic carbocycles. The number of imidazole rings is 1. The molecule has 1 saturated carbocycles. The molecule has 1 saturated heterocycles. The lowest BCUT2D eigenvalue weighted by Gasteiger charge is -2.23. The number of aromatic nitrogens is 3. The van der Waals surface area contributed by atoms with E-state index < -0.39 is 0 Å². The first-order valence-electron chi connectivity index (χ1n) is 15.8. The molecule has 2 fully saturated rings. The number of amides is 1. The molecule has 7 rings (SSSR count). The first kappa shape index (κ1) is 28.4. The van der Waals surface area contributed by atoms with Crippen molar-refractivity contribution in [3.05, 3.63) is 83.4 Å². The zero-order valence-corrected chi connectivity index (χ0v) is 26.0. The molecule has 2 N–H and O–H groups in total. The maximum Gasteiger partial charge on any atom is 0.254 e. The minimum Gasteiger partial charge on any atom is -0.494 e. The molecule has 2 aliphatic rings. The van der Waals surface area contributed by atoms with E-state index in [2.05, 4.69) is 83.7 Å². The summed E-state index contributed by atoms with van der Waals surface area (Å²) in [7, 11) is 3.70. The van der Waals surface area contributed by atoms with Crippen LogP contribution in [0.4, 0.5) is 0 Å². The number of carbonyl (C=O) groups is 1. The Morgan fingerprint density at radius 2 is 1.82 bits per heavy atom. The Hall–Kier alpha value is -4.36. The number of hydrogen-bond donors (Lipinski definition) is 1. The minimum absolute atomic E-state index is 0.0148. The summed E-state index contributed by atoms with van der Waals surface area (Å²) in [5.74, 6) is 2.48. The van der Waals surface area contributed by atoms with Gasteiger partial charge in [0.25, 0.3) is 5.91 Å². The van der Waals surface area contributed by atoms with Gasteiger partial charge in [-0.15, -0.1) is 0 Å². The van der Waals surface area contributed by atoms with Crippen LogP contribution in [0.15, 0.2) is 66.7 Å². The topological polar surface area (TPSA) is 78.3 Å². The van der Waals surface area contributed by atoms with E-state index in [1.165, 1.54) is 34.9 Å². The summed E-state index contributed by atoms with van der Waals surface area (Å²) in [5.41, 5.74) is 13.3. The smallest absolute Gasteiger partial charge is 0.254 e. The molecule has 0 spiro atoms. The normalized spacial score (nSPS) is 20.4. The van der Waals surface area contributed by atoms with Crippen molar-refractivity contribution in [1.29, 1.82) is 0 Å². The molecule has 3 atom stereocenters. The lowest BCUT2D eigenvalue weighted by molar-refractivity contribution is 0.0739. The summed E-state index contributed by atoms with van der Waals surface area (Å²) in [6.45, 7) is 5.82. The van der Waals surface area contributed by atoms with Gasteiger partial charge in [0.2, 0.25) is 0 Å². The fourth-order valence-corrected chi connectivity index (χ4v) is 6.87. The SMILES string of the molecule is CC[C@@H]1CN(C(=O)c2cc(OC)c3c(c2)nc(-c2cc4ccc(/C=C/c5ccccc5)cc4n2CC2CC2)n3C)[C@H](C)[C@H]1N. The third kappa shape index (κ3) is 4.99. The molecule has 1 amide bonds. The van der Waals surface area contributed by atoms with Gasteiger partial charge in [0.15, 0.2) is 5.82 Å². The fourth-order valence-electron chi connectivity index (χ4n) is 6.87. The fraction of sp³-hybridized carbons (Fsp3) is 0.351. The third-order valence-electron chi connectivity index (χ3n) is 9.77. The summed E-state index contributed by atoms with van der Waals surface area (Å²) >= 11 is 0. The van der Waals surface area contributed by atoms with E-state index in [0.717, 1.165) is 35.5 Å². The highest BCUT2D eigenvalue weighted by molar-refractivity contribution is 6.00. The number of hydrogen-bond acceptors (Lipinski definition) is 4. The summed E-state index contributed by atoms with van der Waals surface area (Å²) in [4.78, 5) is 20.9. The van der Waals surface area contributed by atoms with Crippen molar-refractivity contribution >= 4 is 40.0 Å². The Bertz CT molecular complexity index is 1880. The van der Waals surface area contributed by atoms with Crippen LogP contribution < -0.4 is 10.5 Å². The second kappa shape index (κ2) is 11.3. The van der Waals surface area contributed by atoms with Crippen LogP contribution in [0.25, 0.3) is 45.6 Å². The summed E-state index contributed by atoms with van der Waals surface area (Å²) in [5, 5.41) is 1.19. The van der Waals surface area contributed by atoms with Crippen molar-refractivity contribution in [1.82, 2.24) is 19.0 Å². The van der Waals surface area contributed by atoms with Crippen LogP contribution in [0.3, 0.4) is 0 Å². The molecule has 0 bridgehead atoms. The molecule has 0 unspecified atom stereocenters. The number of likely N-dealkylation sites (tertiary alicyclic amines) is 1. The molecular formula is C37H41N5O2. The Kier molecular flexibility index (Phi) is 7.29. The lowest BCUT2D eigenvalue weighted by atomic mass is 9.98. The van der Waals surface area contributed by atoms with Crippen LogP contribution in [-0.2, 0) is 13.6 Å². The summed E-state index contributed by atoms with van der Waals surface area (Å²) in [6, 6.07) is 23.1. The lowest BCUT2D eigenvalue weighted by Crippen LogP contribution is -2.41. The van der Waals surface area contributed by atoms with E-state index in [-0.39, 0.29) is 18.0 Å². The van der Waals surface area contributed by atoms with Gasteiger partial charge in [-0.05, 0) is 67.0 Å². The van der Waals surface area contributed by atoms with Crippen molar-refractivity contribution in [2.45, 2.75) is 51.7 Å². The van der Waals surface area contributed by atoms with Crippen LogP contribution in [0.2, 0.25) is 0 Å². The number of rotatable bonds is 8. The minimum atomic E-state index is -0.0183. The molecule has 226 valence electrons. The highest BCUT2D eigenvalue weighted by atomic mass is 16.5. The molecule has 3 aromatic carbocycles. The standard InChI is InChI=1S/C37H41N5O2/c1-5-27-22-41(23(2)34(27)38)37(43)29-18-30-35(33(20-29)44-4)40(3)36(39-30)32-19-28-16-15-25(12-11-24-9-7-6-8-10-24)17-31(28)42(32)21-26-13-14-26/h6-12,15-20,23,26-27,34H,5,13-14,21-22,38H2,1-4H3/b12-11+/t23-,27-,34-/m1/s1. The largest absolute Gasteiger partial charge is 0.494 e. The predicted octanol–water partition coefficient (Wildman–Crippen LogP) is 6.98. The van der Waals surface area contributed by atoms with Crippen LogP contribution in [-0.4, -0.2) is 50.7 Å². The van der Waals surface area contributed by atoms with Crippen molar-refractivity contribution in [3.8, 4) is 17.3 Å². The second-order valence-corrected chi connectivity index (χ2v) is 12.6. The van der Waals surface area contributed by atoms with E-state index in [1.54, 1.807) is 7.11 Å². The predicted molar refractivity (Wildman–Crippen MR) is 179 cm³/mol. The van der Waals surface area contributed by atoms with Gasteiger partial charge < -0.3 is 24.5 Å². The quantitative estimate of drug-likeness (QED) is 0.199. The van der Waals surface area contributed by atoms with Crippen LogP contribution >= 0.6 is 0 Å².